The summed E-state index contributed by atoms with van der Waals surface area (Å²) in [6.45, 7) is 0. The van der Waals surface area contributed by atoms with E-state index in [-0.39, 0.29) is 17.5 Å². The zero-order chi connectivity index (χ0) is 13.4. The standard InChI is InChI=1S/C15H18FNO2/c1-19-14-5-2-9(8-13(14)16)15(18)10-6-11-3-4-12(7-10)17-11/h2,5,8,10-12,17H,3-4,6-7H2,1H3. The maximum Gasteiger partial charge on any atom is 0.166 e. The van der Waals surface area contributed by atoms with E-state index in [0.717, 1.165) is 25.7 Å². The predicted octanol–water partition coefficient (Wildman–Crippen LogP) is 2.55. The predicted molar refractivity (Wildman–Crippen MR) is 70.0 cm³/mol. The molecule has 0 spiro atoms. The number of nitrogens with one attached hydrogen (secondary N) is 1. The van der Waals surface area contributed by atoms with Gasteiger partial charge in [0, 0.05) is 23.6 Å². The third kappa shape index (κ3) is 2.37. The molecule has 2 bridgehead atoms. The topological polar surface area (TPSA) is 38.3 Å². The molecule has 2 saturated heterocycles. The van der Waals surface area contributed by atoms with Crippen LogP contribution in [-0.2, 0) is 0 Å². The first-order valence-electron chi connectivity index (χ1n) is 6.81. The second-order valence-electron chi connectivity index (χ2n) is 5.52. The van der Waals surface area contributed by atoms with Crippen molar-refractivity contribution in [2.45, 2.75) is 37.8 Å². The highest BCUT2D eigenvalue weighted by Gasteiger charge is 2.36. The zero-order valence-electron chi connectivity index (χ0n) is 11.0. The van der Waals surface area contributed by atoms with Crippen LogP contribution in [0, 0.1) is 11.7 Å². The number of benzene rings is 1. The van der Waals surface area contributed by atoms with Crippen molar-refractivity contribution in [3.05, 3.63) is 29.6 Å². The highest BCUT2D eigenvalue weighted by molar-refractivity contribution is 5.98. The van der Waals surface area contributed by atoms with E-state index in [2.05, 4.69) is 5.32 Å². The van der Waals surface area contributed by atoms with Gasteiger partial charge in [0.1, 0.15) is 0 Å². The van der Waals surface area contributed by atoms with Gasteiger partial charge in [-0.2, -0.15) is 0 Å². The van der Waals surface area contributed by atoms with Gasteiger partial charge in [0.25, 0.3) is 0 Å². The second kappa shape index (κ2) is 4.93. The van der Waals surface area contributed by atoms with Crippen molar-refractivity contribution in [2.75, 3.05) is 7.11 Å². The van der Waals surface area contributed by atoms with Crippen LogP contribution in [0.4, 0.5) is 4.39 Å². The lowest BCUT2D eigenvalue weighted by Gasteiger charge is -2.28. The number of ether oxygens (including phenoxy) is 1. The SMILES string of the molecule is COc1ccc(C(=O)C2CC3CCC(C2)N3)cc1F. The number of Topliss-reactive ketones (excluding diaryl/α,β-unsaturated/α-hetero) is 1. The number of rotatable bonds is 3. The Kier molecular flexibility index (Phi) is 3.27. The summed E-state index contributed by atoms with van der Waals surface area (Å²) in [7, 11) is 1.42. The quantitative estimate of drug-likeness (QED) is 0.852. The van der Waals surface area contributed by atoms with E-state index in [1.54, 1.807) is 6.07 Å². The van der Waals surface area contributed by atoms with Gasteiger partial charge in [0.2, 0.25) is 0 Å². The van der Waals surface area contributed by atoms with Crippen molar-refractivity contribution >= 4 is 5.78 Å². The molecule has 2 heterocycles. The van der Waals surface area contributed by atoms with Crippen molar-refractivity contribution in [3.8, 4) is 5.75 Å². The molecule has 2 unspecified atom stereocenters. The summed E-state index contributed by atoms with van der Waals surface area (Å²) in [5.74, 6) is -0.182. The van der Waals surface area contributed by atoms with Gasteiger partial charge in [0.05, 0.1) is 7.11 Å². The fourth-order valence-corrected chi connectivity index (χ4v) is 3.33. The molecule has 1 N–H and O–H groups in total. The van der Waals surface area contributed by atoms with Gasteiger partial charge in [-0.25, -0.2) is 4.39 Å². The lowest BCUT2D eigenvalue weighted by Crippen LogP contribution is -2.40. The van der Waals surface area contributed by atoms with Gasteiger partial charge >= 0.3 is 0 Å². The van der Waals surface area contributed by atoms with E-state index >= 15 is 0 Å². The van der Waals surface area contributed by atoms with Crippen LogP contribution < -0.4 is 10.1 Å². The molecule has 1 aromatic carbocycles. The Morgan fingerprint density at radius 1 is 1.32 bits per heavy atom. The van der Waals surface area contributed by atoms with Crippen LogP contribution in [0.2, 0.25) is 0 Å². The molecule has 3 rings (SSSR count). The lowest BCUT2D eigenvalue weighted by atomic mass is 9.86. The Bertz CT molecular complexity index is 491. The molecule has 19 heavy (non-hydrogen) atoms. The Morgan fingerprint density at radius 2 is 2.00 bits per heavy atom. The van der Waals surface area contributed by atoms with E-state index < -0.39 is 5.82 Å². The summed E-state index contributed by atoms with van der Waals surface area (Å²) in [5, 5.41) is 3.51. The summed E-state index contributed by atoms with van der Waals surface area (Å²) in [6.07, 6.45) is 4.07. The molecule has 0 radical (unpaired) electrons. The first kappa shape index (κ1) is 12.6. The number of hydrogen-bond acceptors (Lipinski definition) is 3. The summed E-state index contributed by atoms with van der Waals surface area (Å²) in [5.41, 5.74) is 0.463. The fraction of sp³-hybridized carbons (Fsp3) is 0.533. The molecule has 2 aliphatic rings. The second-order valence-corrected chi connectivity index (χ2v) is 5.52. The Labute approximate surface area is 112 Å². The lowest BCUT2D eigenvalue weighted by molar-refractivity contribution is 0.0875. The van der Waals surface area contributed by atoms with Crippen LogP contribution in [0.1, 0.15) is 36.0 Å². The Hall–Kier alpha value is -1.42. The molecule has 2 atom stereocenters. The molecule has 0 amide bonds. The molecule has 0 aliphatic carbocycles. The molecule has 0 aromatic heterocycles. The highest BCUT2D eigenvalue weighted by atomic mass is 19.1. The van der Waals surface area contributed by atoms with Crippen LogP contribution >= 0.6 is 0 Å². The van der Waals surface area contributed by atoms with E-state index in [1.165, 1.54) is 19.2 Å². The average Bonchev–Trinajstić information content (AvgIpc) is 2.76. The van der Waals surface area contributed by atoms with Crippen LogP contribution in [-0.4, -0.2) is 25.0 Å². The first-order chi connectivity index (χ1) is 9.17. The highest BCUT2D eigenvalue weighted by Crippen LogP contribution is 2.33. The van der Waals surface area contributed by atoms with Crippen molar-refractivity contribution in [2.24, 2.45) is 5.92 Å². The van der Waals surface area contributed by atoms with Crippen LogP contribution in [0.5, 0.6) is 5.75 Å². The monoisotopic (exact) mass is 263 g/mol. The van der Waals surface area contributed by atoms with Gasteiger partial charge in [0.15, 0.2) is 17.3 Å². The largest absolute Gasteiger partial charge is 0.494 e. The number of halogens is 1. The molecular formula is C15H18FNO2. The van der Waals surface area contributed by atoms with Crippen molar-refractivity contribution in [1.29, 1.82) is 0 Å². The summed E-state index contributed by atoms with van der Waals surface area (Å²) < 4.78 is 18.5. The first-order valence-corrected chi connectivity index (χ1v) is 6.81. The van der Waals surface area contributed by atoms with E-state index in [9.17, 15) is 9.18 Å². The van der Waals surface area contributed by atoms with Crippen molar-refractivity contribution in [1.82, 2.24) is 5.32 Å². The van der Waals surface area contributed by atoms with Crippen molar-refractivity contribution < 1.29 is 13.9 Å². The molecule has 2 fully saturated rings. The summed E-state index contributed by atoms with van der Waals surface area (Å²) in [4.78, 5) is 12.4. The molecule has 4 heteroatoms. The maximum atomic E-state index is 13.7. The van der Waals surface area contributed by atoms with Gasteiger partial charge in [-0.05, 0) is 43.9 Å². The number of hydrogen-bond donors (Lipinski definition) is 1. The third-order valence-electron chi connectivity index (χ3n) is 4.28. The van der Waals surface area contributed by atoms with Crippen LogP contribution in [0.25, 0.3) is 0 Å². The molecule has 3 nitrogen and oxygen atoms in total. The molecule has 1 aromatic rings. The maximum absolute atomic E-state index is 13.7. The smallest absolute Gasteiger partial charge is 0.166 e. The minimum absolute atomic E-state index is 0.0338. The van der Waals surface area contributed by atoms with Gasteiger partial charge in [-0.1, -0.05) is 0 Å². The molecule has 102 valence electrons. The summed E-state index contributed by atoms with van der Waals surface area (Å²) in [6, 6.07) is 5.42. The van der Waals surface area contributed by atoms with Gasteiger partial charge in [-0.3, -0.25) is 4.79 Å². The van der Waals surface area contributed by atoms with Crippen LogP contribution in [0.15, 0.2) is 18.2 Å². The normalized spacial score (nSPS) is 29.3. The van der Waals surface area contributed by atoms with Gasteiger partial charge in [-0.15, -0.1) is 0 Å². The number of carbonyl (C=O) groups excluding carboxylic acids is 1. The van der Waals surface area contributed by atoms with E-state index in [4.69, 9.17) is 4.74 Å². The van der Waals surface area contributed by atoms with Crippen LogP contribution in [0.3, 0.4) is 0 Å². The Morgan fingerprint density at radius 3 is 2.58 bits per heavy atom. The number of fused-ring (bicyclic) bond motifs is 2. The zero-order valence-corrected chi connectivity index (χ0v) is 11.0. The number of ketones is 1. The van der Waals surface area contributed by atoms with E-state index in [0.29, 0.717) is 17.6 Å². The minimum Gasteiger partial charge on any atom is -0.494 e. The van der Waals surface area contributed by atoms with Gasteiger partial charge < -0.3 is 10.1 Å². The molecule has 0 saturated carbocycles. The molecule has 2 aliphatic heterocycles. The van der Waals surface area contributed by atoms with Crippen molar-refractivity contribution in [3.63, 3.8) is 0 Å². The third-order valence-corrected chi connectivity index (χ3v) is 4.28. The number of carbonyl (C=O) groups is 1. The number of piperidine rings is 1. The summed E-state index contributed by atoms with van der Waals surface area (Å²) >= 11 is 0. The minimum atomic E-state index is -0.467. The fourth-order valence-electron chi connectivity index (χ4n) is 3.33. The number of methoxy groups -OCH3 is 1. The average molecular weight is 263 g/mol. The Balaban J connectivity index is 1.78. The van der Waals surface area contributed by atoms with E-state index in [1.807, 2.05) is 0 Å². The molecular weight excluding hydrogens is 245 g/mol.